The molecule has 0 bridgehead atoms. The van der Waals surface area contributed by atoms with Gasteiger partial charge in [0.15, 0.2) is 0 Å². The molecule has 0 saturated heterocycles. The lowest BCUT2D eigenvalue weighted by Crippen LogP contribution is -2.45. The number of hydrogen-bond acceptors (Lipinski definition) is 3. The summed E-state index contributed by atoms with van der Waals surface area (Å²) in [6.07, 6.45) is 3.69. The highest BCUT2D eigenvalue weighted by Crippen LogP contribution is 2.28. The van der Waals surface area contributed by atoms with E-state index in [4.69, 9.17) is 10.8 Å². The molecule has 3 unspecified atom stereocenters. The number of nitrogens with zero attached hydrogens (tertiary/aromatic N) is 1. The summed E-state index contributed by atoms with van der Waals surface area (Å²) in [6, 6.07) is 0.854. The average Bonchev–Trinajstić information content (AvgIpc) is 2.22. The first-order valence-corrected chi connectivity index (χ1v) is 6.65. The number of aliphatic hydroxyl groups excluding tert-OH is 1. The highest BCUT2D eigenvalue weighted by atomic mass is 16.3. The van der Waals surface area contributed by atoms with E-state index in [2.05, 4.69) is 25.7 Å². The Kier molecular flexibility index (Phi) is 5.73. The molecule has 3 heteroatoms. The lowest BCUT2D eigenvalue weighted by molar-refractivity contribution is 0.114. The third-order valence-corrected chi connectivity index (χ3v) is 3.89. The van der Waals surface area contributed by atoms with Crippen LogP contribution in [0.5, 0.6) is 0 Å². The van der Waals surface area contributed by atoms with Crippen molar-refractivity contribution >= 4 is 0 Å². The minimum absolute atomic E-state index is 0.246. The molecule has 0 aromatic rings. The Morgan fingerprint density at radius 3 is 2.62 bits per heavy atom. The van der Waals surface area contributed by atoms with E-state index >= 15 is 0 Å². The largest absolute Gasteiger partial charge is 0.395 e. The summed E-state index contributed by atoms with van der Waals surface area (Å²) < 4.78 is 0. The van der Waals surface area contributed by atoms with Crippen LogP contribution in [0.15, 0.2) is 0 Å². The second kappa shape index (κ2) is 6.58. The van der Waals surface area contributed by atoms with E-state index in [1.54, 1.807) is 0 Å². The summed E-state index contributed by atoms with van der Waals surface area (Å²) in [7, 11) is 0. The van der Waals surface area contributed by atoms with Gasteiger partial charge in [0.1, 0.15) is 0 Å². The smallest absolute Gasteiger partial charge is 0.0558 e. The van der Waals surface area contributed by atoms with Gasteiger partial charge in [0.05, 0.1) is 6.61 Å². The molecule has 1 rings (SSSR count). The van der Waals surface area contributed by atoms with Crippen LogP contribution in [0.4, 0.5) is 0 Å². The maximum atomic E-state index is 9.06. The fourth-order valence-electron chi connectivity index (χ4n) is 2.72. The summed E-state index contributed by atoms with van der Waals surface area (Å²) in [5.74, 6) is 1.42. The van der Waals surface area contributed by atoms with Gasteiger partial charge in [-0.15, -0.1) is 0 Å². The molecule has 1 fully saturated rings. The summed E-state index contributed by atoms with van der Waals surface area (Å²) in [5, 5.41) is 9.06. The van der Waals surface area contributed by atoms with Gasteiger partial charge in [-0.05, 0) is 44.9 Å². The molecule has 1 aliphatic carbocycles. The van der Waals surface area contributed by atoms with Crippen LogP contribution in [0.25, 0.3) is 0 Å². The van der Waals surface area contributed by atoms with Crippen molar-refractivity contribution in [1.29, 1.82) is 0 Å². The van der Waals surface area contributed by atoms with E-state index in [0.717, 1.165) is 25.4 Å². The summed E-state index contributed by atoms with van der Waals surface area (Å²) in [5.41, 5.74) is 6.20. The van der Waals surface area contributed by atoms with Gasteiger partial charge in [0, 0.05) is 25.2 Å². The highest BCUT2D eigenvalue weighted by Gasteiger charge is 2.27. The molecule has 0 aromatic heterocycles. The zero-order valence-corrected chi connectivity index (χ0v) is 11.0. The highest BCUT2D eigenvalue weighted by molar-refractivity contribution is 4.83. The normalized spacial score (nSPS) is 31.3. The SMILES string of the molecule is CC1CCC(N)C(CN(CCO)C(C)C)C1. The molecule has 16 heavy (non-hydrogen) atoms. The fraction of sp³-hybridized carbons (Fsp3) is 1.00. The van der Waals surface area contributed by atoms with Crippen LogP contribution in [0.2, 0.25) is 0 Å². The van der Waals surface area contributed by atoms with E-state index in [0.29, 0.717) is 18.0 Å². The molecule has 0 spiro atoms. The van der Waals surface area contributed by atoms with Crippen molar-refractivity contribution in [3.8, 4) is 0 Å². The van der Waals surface area contributed by atoms with Crippen LogP contribution >= 0.6 is 0 Å². The van der Waals surface area contributed by atoms with Crippen LogP contribution in [0.1, 0.15) is 40.0 Å². The van der Waals surface area contributed by atoms with Crippen LogP contribution < -0.4 is 5.73 Å². The Morgan fingerprint density at radius 2 is 2.06 bits per heavy atom. The van der Waals surface area contributed by atoms with Crippen LogP contribution in [-0.2, 0) is 0 Å². The fourth-order valence-corrected chi connectivity index (χ4v) is 2.72. The predicted octanol–water partition coefficient (Wildman–Crippen LogP) is 1.45. The first-order chi connectivity index (χ1) is 7.54. The van der Waals surface area contributed by atoms with Gasteiger partial charge in [-0.1, -0.05) is 6.92 Å². The lowest BCUT2D eigenvalue weighted by atomic mass is 9.79. The van der Waals surface area contributed by atoms with Crippen molar-refractivity contribution in [2.24, 2.45) is 17.6 Å². The van der Waals surface area contributed by atoms with Crippen molar-refractivity contribution in [2.45, 2.75) is 52.1 Å². The molecule has 1 saturated carbocycles. The van der Waals surface area contributed by atoms with Crippen molar-refractivity contribution in [2.75, 3.05) is 19.7 Å². The van der Waals surface area contributed by atoms with Crippen molar-refractivity contribution in [3.05, 3.63) is 0 Å². The van der Waals surface area contributed by atoms with Crippen LogP contribution in [0, 0.1) is 11.8 Å². The third kappa shape index (κ3) is 4.04. The third-order valence-electron chi connectivity index (χ3n) is 3.89. The van der Waals surface area contributed by atoms with E-state index in [1.807, 2.05) is 0 Å². The topological polar surface area (TPSA) is 49.5 Å². The number of nitrogens with two attached hydrogens (primary N) is 1. The molecule has 3 nitrogen and oxygen atoms in total. The van der Waals surface area contributed by atoms with E-state index in [9.17, 15) is 0 Å². The predicted molar refractivity (Wildman–Crippen MR) is 68.3 cm³/mol. The van der Waals surface area contributed by atoms with Gasteiger partial charge in [0.2, 0.25) is 0 Å². The molecule has 0 aromatic carbocycles. The molecular weight excluding hydrogens is 200 g/mol. The number of aliphatic hydroxyl groups is 1. The quantitative estimate of drug-likeness (QED) is 0.749. The monoisotopic (exact) mass is 228 g/mol. The average molecular weight is 228 g/mol. The van der Waals surface area contributed by atoms with E-state index in [1.165, 1.54) is 12.8 Å². The Labute approximate surface area is 100 Å². The second-order valence-electron chi connectivity index (χ2n) is 5.65. The molecule has 3 atom stereocenters. The number of hydrogen-bond donors (Lipinski definition) is 2. The van der Waals surface area contributed by atoms with Gasteiger partial charge in [0.25, 0.3) is 0 Å². The molecule has 0 heterocycles. The van der Waals surface area contributed by atoms with Gasteiger partial charge in [-0.3, -0.25) is 4.90 Å². The maximum Gasteiger partial charge on any atom is 0.0558 e. The van der Waals surface area contributed by atoms with Gasteiger partial charge in [-0.25, -0.2) is 0 Å². The number of rotatable bonds is 5. The zero-order valence-electron chi connectivity index (χ0n) is 11.0. The summed E-state index contributed by atoms with van der Waals surface area (Å²) in [4.78, 5) is 2.35. The summed E-state index contributed by atoms with van der Waals surface area (Å²) >= 11 is 0. The van der Waals surface area contributed by atoms with Crippen LogP contribution in [0.3, 0.4) is 0 Å². The zero-order chi connectivity index (χ0) is 12.1. The molecule has 0 amide bonds. The summed E-state index contributed by atoms with van der Waals surface area (Å²) in [6.45, 7) is 8.76. The first kappa shape index (κ1) is 13.9. The van der Waals surface area contributed by atoms with Crippen LogP contribution in [-0.4, -0.2) is 41.8 Å². The Bertz CT molecular complexity index is 196. The molecule has 1 aliphatic rings. The van der Waals surface area contributed by atoms with E-state index < -0.39 is 0 Å². The molecule has 0 aliphatic heterocycles. The Morgan fingerprint density at radius 1 is 1.38 bits per heavy atom. The van der Waals surface area contributed by atoms with Gasteiger partial charge >= 0.3 is 0 Å². The Balaban J connectivity index is 2.48. The van der Waals surface area contributed by atoms with Gasteiger partial charge in [-0.2, -0.15) is 0 Å². The molecule has 3 N–H and O–H groups in total. The minimum atomic E-state index is 0.246. The van der Waals surface area contributed by atoms with Crippen molar-refractivity contribution < 1.29 is 5.11 Å². The minimum Gasteiger partial charge on any atom is -0.395 e. The maximum absolute atomic E-state index is 9.06. The molecule has 96 valence electrons. The standard InChI is InChI=1S/C13H28N2O/c1-10(2)15(6-7-16)9-12-8-11(3)4-5-13(12)14/h10-13,16H,4-9,14H2,1-3H3. The van der Waals surface area contributed by atoms with Crippen molar-refractivity contribution in [3.63, 3.8) is 0 Å². The van der Waals surface area contributed by atoms with E-state index in [-0.39, 0.29) is 6.61 Å². The Hall–Kier alpha value is -0.120. The first-order valence-electron chi connectivity index (χ1n) is 6.65. The van der Waals surface area contributed by atoms with Crippen molar-refractivity contribution in [1.82, 2.24) is 4.90 Å². The van der Waals surface area contributed by atoms with Gasteiger partial charge < -0.3 is 10.8 Å². The molecular formula is C13H28N2O. The lowest BCUT2D eigenvalue weighted by Gasteiger charge is -2.37. The second-order valence-corrected chi connectivity index (χ2v) is 5.65. The molecule has 0 radical (unpaired) electrons.